The third-order valence-corrected chi connectivity index (χ3v) is 4.01. The highest BCUT2D eigenvalue weighted by Crippen LogP contribution is 2.29. The number of furan rings is 1. The zero-order chi connectivity index (χ0) is 16.4. The number of benzene rings is 1. The number of ether oxygens (including phenoxy) is 1. The molecule has 1 heterocycles. The number of rotatable bonds is 4. The molecule has 0 bridgehead atoms. The van der Waals surface area contributed by atoms with E-state index in [0.717, 1.165) is 12.0 Å². The molecule has 5 heteroatoms. The van der Waals surface area contributed by atoms with Crippen molar-refractivity contribution < 1.29 is 18.7 Å². The first kappa shape index (κ1) is 15.5. The lowest BCUT2D eigenvalue weighted by atomic mass is 9.94. The molecule has 0 unspecified atom stereocenters. The van der Waals surface area contributed by atoms with Crippen LogP contribution in [-0.4, -0.2) is 18.8 Å². The Morgan fingerprint density at radius 3 is 2.91 bits per heavy atom. The number of amides is 1. The van der Waals surface area contributed by atoms with E-state index in [1.165, 1.54) is 0 Å². The Balaban J connectivity index is 1.84. The highest BCUT2D eigenvalue weighted by Gasteiger charge is 2.28. The van der Waals surface area contributed by atoms with E-state index < -0.39 is 0 Å². The topological polar surface area (TPSA) is 68.5 Å². The summed E-state index contributed by atoms with van der Waals surface area (Å²) in [5.41, 5.74) is 2.87. The average Bonchev–Trinajstić information content (AvgIpc) is 2.86. The summed E-state index contributed by atoms with van der Waals surface area (Å²) in [4.78, 5) is 24.5. The number of methoxy groups -OCH3 is 1. The maximum atomic E-state index is 12.5. The van der Waals surface area contributed by atoms with Gasteiger partial charge in [0.05, 0.1) is 12.2 Å². The van der Waals surface area contributed by atoms with Gasteiger partial charge in [0.2, 0.25) is 0 Å². The first-order chi connectivity index (χ1) is 11.1. The van der Waals surface area contributed by atoms with E-state index in [9.17, 15) is 9.59 Å². The summed E-state index contributed by atoms with van der Waals surface area (Å²) in [7, 11) is 1.62. The molecule has 0 atom stereocenters. The van der Waals surface area contributed by atoms with Crippen molar-refractivity contribution in [2.45, 2.75) is 32.8 Å². The smallest absolute Gasteiger partial charge is 0.291 e. The fraction of sp³-hybridized carbons (Fsp3) is 0.333. The minimum atomic E-state index is -0.334. The van der Waals surface area contributed by atoms with Gasteiger partial charge in [0.25, 0.3) is 5.91 Å². The molecule has 120 valence electrons. The number of ketones is 1. The summed E-state index contributed by atoms with van der Waals surface area (Å²) < 4.78 is 10.8. The van der Waals surface area contributed by atoms with Gasteiger partial charge < -0.3 is 14.5 Å². The van der Waals surface area contributed by atoms with Crippen LogP contribution >= 0.6 is 0 Å². The summed E-state index contributed by atoms with van der Waals surface area (Å²) in [5, 5.41) is 2.82. The van der Waals surface area contributed by atoms with Crippen LogP contribution in [0.3, 0.4) is 0 Å². The fourth-order valence-corrected chi connectivity index (χ4v) is 2.96. The number of hydrogen-bond acceptors (Lipinski definition) is 4. The van der Waals surface area contributed by atoms with Gasteiger partial charge in [-0.25, -0.2) is 0 Å². The fourth-order valence-electron chi connectivity index (χ4n) is 2.96. The van der Waals surface area contributed by atoms with Crippen LogP contribution in [-0.2, 0) is 17.8 Å². The van der Waals surface area contributed by atoms with Crippen molar-refractivity contribution in [1.82, 2.24) is 0 Å². The quantitative estimate of drug-likeness (QED) is 0.938. The highest BCUT2D eigenvalue weighted by atomic mass is 16.5. The molecule has 0 radical (unpaired) electrons. The third-order valence-electron chi connectivity index (χ3n) is 4.01. The lowest BCUT2D eigenvalue weighted by molar-refractivity contribution is 0.0963. The molecule has 1 N–H and O–H groups in total. The van der Waals surface area contributed by atoms with Gasteiger partial charge in [-0.3, -0.25) is 9.59 Å². The Bertz CT molecular complexity index is 760. The van der Waals surface area contributed by atoms with E-state index in [2.05, 4.69) is 5.32 Å². The van der Waals surface area contributed by atoms with Gasteiger partial charge in [0.15, 0.2) is 11.5 Å². The van der Waals surface area contributed by atoms with Gasteiger partial charge in [-0.15, -0.1) is 0 Å². The minimum Gasteiger partial charge on any atom is -0.455 e. The number of Topliss-reactive ketones (excluding diaryl/α,β-unsaturated/α-hetero) is 1. The van der Waals surface area contributed by atoms with Crippen molar-refractivity contribution in [3.8, 4) is 0 Å². The van der Waals surface area contributed by atoms with Crippen molar-refractivity contribution in [3.05, 3.63) is 52.5 Å². The Morgan fingerprint density at radius 1 is 1.35 bits per heavy atom. The van der Waals surface area contributed by atoms with Crippen molar-refractivity contribution in [3.63, 3.8) is 0 Å². The van der Waals surface area contributed by atoms with Gasteiger partial charge in [0.1, 0.15) is 5.76 Å². The SMILES string of the molecule is COCc1cccc(NC(=O)c2oc3c(c2C)C(=O)CCC3)c1. The first-order valence-electron chi connectivity index (χ1n) is 7.65. The normalized spacial score (nSPS) is 13.7. The van der Waals surface area contributed by atoms with E-state index in [-0.39, 0.29) is 17.5 Å². The Kier molecular flexibility index (Phi) is 4.30. The van der Waals surface area contributed by atoms with Crippen molar-refractivity contribution in [2.24, 2.45) is 0 Å². The summed E-state index contributed by atoms with van der Waals surface area (Å²) in [6.45, 7) is 2.24. The minimum absolute atomic E-state index is 0.0636. The molecule has 1 aliphatic carbocycles. The molecule has 1 aromatic carbocycles. The largest absolute Gasteiger partial charge is 0.455 e. The summed E-state index contributed by atoms with van der Waals surface area (Å²) in [5.74, 6) is 0.590. The van der Waals surface area contributed by atoms with Crippen LogP contribution in [0.1, 0.15) is 50.6 Å². The number of carbonyl (C=O) groups excluding carboxylic acids is 2. The second kappa shape index (κ2) is 6.38. The van der Waals surface area contributed by atoms with Crippen LogP contribution in [0.15, 0.2) is 28.7 Å². The molecule has 1 aromatic heterocycles. The lowest BCUT2D eigenvalue weighted by Gasteiger charge is -2.07. The maximum Gasteiger partial charge on any atom is 0.291 e. The van der Waals surface area contributed by atoms with Gasteiger partial charge >= 0.3 is 0 Å². The van der Waals surface area contributed by atoms with E-state index >= 15 is 0 Å². The van der Waals surface area contributed by atoms with Gasteiger partial charge in [-0.1, -0.05) is 12.1 Å². The first-order valence-corrected chi connectivity index (χ1v) is 7.65. The number of nitrogens with one attached hydrogen (secondary N) is 1. The van der Waals surface area contributed by atoms with Gasteiger partial charge in [-0.2, -0.15) is 0 Å². The average molecular weight is 313 g/mol. The Hall–Kier alpha value is -2.40. The maximum absolute atomic E-state index is 12.5. The van der Waals surface area contributed by atoms with E-state index in [0.29, 0.717) is 42.0 Å². The summed E-state index contributed by atoms with van der Waals surface area (Å²) in [6.07, 6.45) is 2.00. The summed E-state index contributed by atoms with van der Waals surface area (Å²) in [6, 6.07) is 7.44. The van der Waals surface area contributed by atoms with Crippen LogP contribution in [0.5, 0.6) is 0 Å². The standard InChI is InChI=1S/C18H19NO4/c1-11-16-14(20)7-4-8-15(16)23-17(11)18(21)19-13-6-3-5-12(9-13)10-22-2/h3,5-6,9H,4,7-8,10H2,1-2H3,(H,19,21). The van der Waals surface area contributed by atoms with Crippen molar-refractivity contribution >= 4 is 17.4 Å². The van der Waals surface area contributed by atoms with Crippen LogP contribution < -0.4 is 5.32 Å². The molecule has 5 nitrogen and oxygen atoms in total. The Morgan fingerprint density at radius 2 is 2.17 bits per heavy atom. The number of fused-ring (bicyclic) bond motifs is 1. The van der Waals surface area contributed by atoms with E-state index in [4.69, 9.17) is 9.15 Å². The zero-order valence-corrected chi connectivity index (χ0v) is 13.3. The highest BCUT2D eigenvalue weighted by molar-refractivity contribution is 6.07. The zero-order valence-electron chi connectivity index (χ0n) is 13.3. The van der Waals surface area contributed by atoms with Gasteiger partial charge in [0, 0.05) is 31.2 Å². The van der Waals surface area contributed by atoms with Crippen LogP contribution in [0, 0.1) is 6.92 Å². The second-order valence-electron chi connectivity index (χ2n) is 5.72. The molecule has 0 fully saturated rings. The Labute approximate surface area is 134 Å². The third kappa shape index (κ3) is 3.05. The van der Waals surface area contributed by atoms with Crippen LogP contribution in [0.2, 0.25) is 0 Å². The predicted molar refractivity (Wildman–Crippen MR) is 85.8 cm³/mol. The molecule has 0 saturated carbocycles. The molecule has 2 aromatic rings. The number of carbonyl (C=O) groups is 2. The molecule has 0 saturated heterocycles. The molecule has 23 heavy (non-hydrogen) atoms. The number of aryl methyl sites for hydroxylation is 1. The molecule has 3 rings (SSSR count). The monoisotopic (exact) mass is 313 g/mol. The van der Waals surface area contributed by atoms with Gasteiger partial charge in [-0.05, 0) is 31.0 Å². The summed E-state index contributed by atoms with van der Waals surface area (Å²) >= 11 is 0. The van der Waals surface area contributed by atoms with Crippen LogP contribution in [0.25, 0.3) is 0 Å². The number of anilines is 1. The molecule has 0 spiro atoms. The van der Waals surface area contributed by atoms with Crippen molar-refractivity contribution in [2.75, 3.05) is 12.4 Å². The molecular formula is C18H19NO4. The van der Waals surface area contributed by atoms with E-state index in [1.807, 2.05) is 18.2 Å². The molecule has 1 aliphatic rings. The molecule has 1 amide bonds. The van der Waals surface area contributed by atoms with Crippen molar-refractivity contribution in [1.29, 1.82) is 0 Å². The molecular weight excluding hydrogens is 294 g/mol. The van der Waals surface area contributed by atoms with E-state index in [1.54, 1.807) is 20.1 Å². The van der Waals surface area contributed by atoms with Crippen LogP contribution in [0.4, 0.5) is 5.69 Å². The second-order valence-corrected chi connectivity index (χ2v) is 5.72. The lowest BCUT2D eigenvalue weighted by Crippen LogP contribution is -2.13. The molecule has 0 aliphatic heterocycles. The number of hydrogen-bond donors (Lipinski definition) is 1. The predicted octanol–water partition coefficient (Wildman–Crippen LogP) is 3.51.